The van der Waals surface area contributed by atoms with E-state index in [0.29, 0.717) is 5.56 Å². The average molecular weight is 502 g/mol. The zero-order chi connectivity index (χ0) is 25.4. The highest BCUT2D eigenvalue weighted by Crippen LogP contribution is 2.23. The number of pyridine rings is 1. The van der Waals surface area contributed by atoms with Gasteiger partial charge in [-0.1, -0.05) is 17.7 Å². The number of fused-ring (bicyclic) bond motifs is 1. The van der Waals surface area contributed by atoms with E-state index in [2.05, 4.69) is 0 Å². The van der Waals surface area contributed by atoms with Crippen LogP contribution >= 0.6 is 11.6 Å². The van der Waals surface area contributed by atoms with Gasteiger partial charge < -0.3 is 9.30 Å². The van der Waals surface area contributed by atoms with Crippen molar-refractivity contribution in [3.05, 3.63) is 97.3 Å². The molecule has 2 aromatic heterocycles. The van der Waals surface area contributed by atoms with Crippen molar-refractivity contribution in [3.8, 4) is 5.75 Å². The summed E-state index contributed by atoms with van der Waals surface area (Å²) in [5.41, 5.74) is -0.202. The van der Waals surface area contributed by atoms with Crippen molar-refractivity contribution in [3.63, 3.8) is 0 Å². The third-order valence-corrected chi connectivity index (χ3v) is 5.70. The molecule has 0 aliphatic heterocycles. The average Bonchev–Trinajstić information content (AvgIpc) is 3.08. The summed E-state index contributed by atoms with van der Waals surface area (Å²) < 4.78 is 35.4. The fourth-order valence-electron chi connectivity index (χ4n) is 3.71. The zero-order valence-corrected chi connectivity index (χ0v) is 19.3. The first-order chi connectivity index (χ1) is 16.6. The highest BCUT2D eigenvalue weighted by Gasteiger charge is 2.19. The van der Waals surface area contributed by atoms with Gasteiger partial charge >= 0.3 is 5.69 Å². The topological polar surface area (TPSA) is 92.3 Å². The molecule has 0 fully saturated rings. The number of hydrogen-bond donors (Lipinski definition) is 0. The Kier molecular flexibility index (Phi) is 6.40. The molecule has 35 heavy (non-hydrogen) atoms. The second-order valence-corrected chi connectivity index (χ2v) is 8.14. The molecule has 0 spiro atoms. The number of ether oxygens (including phenoxy) is 1. The van der Waals surface area contributed by atoms with Gasteiger partial charge in [0.05, 0.1) is 17.6 Å². The number of aromatic nitrogens is 3. The van der Waals surface area contributed by atoms with Crippen LogP contribution in [0.1, 0.15) is 34.6 Å². The normalized spacial score (nSPS) is 11.1. The van der Waals surface area contributed by atoms with E-state index >= 15 is 0 Å². The monoisotopic (exact) mass is 501 g/mol. The van der Waals surface area contributed by atoms with E-state index in [1.54, 1.807) is 12.1 Å². The van der Waals surface area contributed by atoms with Crippen molar-refractivity contribution < 1.29 is 23.1 Å². The number of imidazole rings is 1. The number of carbonyl (C=O) groups excluding carboxylic acids is 2. The molecule has 8 nitrogen and oxygen atoms in total. The van der Waals surface area contributed by atoms with E-state index < -0.39 is 34.7 Å². The van der Waals surface area contributed by atoms with Crippen LogP contribution in [0, 0.1) is 11.6 Å². The van der Waals surface area contributed by atoms with Crippen LogP contribution in [-0.2, 0) is 13.2 Å². The Hall–Kier alpha value is -4.05. The molecule has 0 saturated carbocycles. The molecular weight excluding hydrogens is 484 g/mol. The van der Waals surface area contributed by atoms with Gasteiger partial charge in [0.1, 0.15) is 29.0 Å². The van der Waals surface area contributed by atoms with Gasteiger partial charge in [0.15, 0.2) is 0 Å². The summed E-state index contributed by atoms with van der Waals surface area (Å²) >= 11 is 6.17. The van der Waals surface area contributed by atoms with Crippen LogP contribution in [-0.4, -0.2) is 25.5 Å². The Balaban J connectivity index is 1.63. The summed E-state index contributed by atoms with van der Waals surface area (Å²) in [6, 6.07) is 9.17. The van der Waals surface area contributed by atoms with E-state index in [1.807, 2.05) is 0 Å². The number of nitrogens with zero attached hydrogens (tertiary/aromatic N) is 3. The van der Waals surface area contributed by atoms with E-state index in [0.717, 1.165) is 21.3 Å². The molecule has 0 unspecified atom stereocenters. The standard InChI is InChI=1S/C24H18ClF2N3O5/c1-13(31)29-19-6-3-15(9-20(19)30(14(2)32)24(29)34)11-28-8-7-21(22(25)23(28)33)35-12-16-4-5-17(26)10-18(16)27/h3-10H,11-12H2,1-2H3. The molecule has 0 aliphatic carbocycles. The maximum atomic E-state index is 13.8. The molecule has 0 atom stereocenters. The number of rotatable bonds is 5. The molecule has 0 amide bonds. The van der Waals surface area contributed by atoms with Crippen LogP contribution in [0.25, 0.3) is 11.0 Å². The SMILES string of the molecule is CC(=O)n1c(=O)n(C(C)=O)c2cc(Cn3ccc(OCc4ccc(F)cc4F)c(Cl)c3=O)ccc21. The van der Waals surface area contributed by atoms with E-state index in [-0.39, 0.29) is 40.5 Å². The van der Waals surface area contributed by atoms with Gasteiger partial charge in [0.2, 0.25) is 11.8 Å². The van der Waals surface area contributed by atoms with Gasteiger partial charge in [-0.3, -0.25) is 14.4 Å². The number of benzene rings is 2. The van der Waals surface area contributed by atoms with Gasteiger partial charge in [-0.2, -0.15) is 0 Å². The van der Waals surface area contributed by atoms with Crippen molar-refractivity contribution in [2.75, 3.05) is 0 Å². The minimum atomic E-state index is -0.785. The maximum Gasteiger partial charge on any atom is 0.342 e. The van der Waals surface area contributed by atoms with Gasteiger partial charge in [-0.25, -0.2) is 22.7 Å². The summed E-state index contributed by atoms with van der Waals surface area (Å²) in [5.74, 6) is -2.57. The molecule has 0 bridgehead atoms. The molecule has 2 aromatic carbocycles. The number of hydrogen-bond acceptors (Lipinski definition) is 5. The van der Waals surface area contributed by atoms with E-state index in [4.69, 9.17) is 16.3 Å². The van der Waals surface area contributed by atoms with Gasteiger partial charge in [-0.05, 0) is 35.9 Å². The summed E-state index contributed by atoms with van der Waals surface area (Å²) in [4.78, 5) is 49.3. The fourth-order valence-corrected chi connectivity index (χ4v) is 3.93. The smallest absolute Gasteiger partial charge is 0.342 e. The van der Waals surface area contributed by atoms with Gasteiger partial charge in [0, 0.05) is 31.7 Å². The van der Waals surface area contributed by atoms with Crippen LogP contribution in [0.3, 0.4) is 0 Å². The molecular formula is C24H18ClF2N3O5. The highest BCUT2D eigenvalue weighted by molar-refractivity contribution is 6.31. The molecule has 0 N–H and O–H groups in total. The lowest BCUT2D eigenvalue weighted by molar-refractivity contribution is 0.0925. The van der Waals surface area contributed by atoms with Crippen LogP contribution < -0.4 is 16.0 Å². The molecule has 4 aromatic rings. The molecule has 180 valence electrons. The Morgan fingerprint density at radius 3 is 2.29 bits per heavy atom. The number of halogens is 3. The summed E-state index contributed by atoms with van der Waals surface area (Å²) in [7, 11) is 0. The molecule has 0 radical (unpaired) electrons. The summed E-state index contributed by atoms with van der Waals surface area (Å²) in [5, 5.41) is -0.237. The Bertz CT molecular complexity index is 1620. The number of carbonyl (C=O) groups is 2. The minimum Gasteiger partial charge on any atom is -0.487 e. The summed E-state index contributed by atoms with van der Waals surface area (Å²) in [6.07, 6.45) is 1.42. The quantitative estimate of drug-likeness (QED) is 0.414. The second kappa shape index (κ2) is 9.30. The van der Waals surface area contributed by atoms with Crippen molar-refractivity contribution in [1.29, 1.82) is 0 Å². The van der Waals surface area contributed by atoms with Crippen LogP contribution in [0.5, 0.6) is 5.75 Å². The third kappa shape index (κ3) is 4.52. The first-order valence-corrected chi connectivity index (χ1v) is 10.7. The van der Waals surface area contributed by atoms with Crippen molar-refractivity contribution in [2.24, 2.45) is 0 Å². The predicted molar refractivity (Wildman–Crippen MR) is 124 cm³/mol. The van der Waals surface area contributed by atoms with Crippen LogP contribution in [0.2, 0.25) is 5.02 Å². The van der Waals surface area contributed by atoms with Crippen LogP contribution in [0.4, 0.5) is 8.78 Å². The molecule has 4 rings (SSSR count). The largest absolute Gasteiger partial charge is 0.487 e. The molecule has 11 heteroatoms. The van der Waals surface area contributed by atoms with Crippen molar-refractivity contribution in [1.82, 2.24) is 13.7 Å². The fraction of sp³-hybridized carbons (Fsp3) is 0.167. The minimum absolute atomic E-state index is 0.0241. The van der Waals surface area contributed by atoms with Gasteiger partial charge in [-0.15, -0.1) is 0 Å². The Morgan fingerprint density at radius 1 is 0.943 bits per heavy atom. The zero-order valence-electron chi connectivity index (χ0n) is 18.5. The second-order valence-electron chi connectivity index (χ2n) is 7.77. The predicted octanol–water partition coefficient (Wildman–Crippen LogP) is 3.84. The third-order valence-electron chi connectivity index (χ3n) is 5.36. The molecule has 2 heterocycles. The lowest BCUT2D eigenvalue weighted by atomic mass is 10.2. The van der Waals surface area contributed by atoms with Gasteiger partial charge in [0.25, 0.3) is 5.56 Å². The van der Waals surface area contributed by atoms with Crippen molar-refractivity contribution in [2.45, 2.75) is 27.0 Å². The lowest BCUT2D eigenvalue weighted by Gasteiger charge is -2.12. The summed E-state index contributed by atoms with van der Waals surface area (Å²) in [6.45, 7) is 2.20. The molecule has 0 saturated heterocycles. The lowest BCUT2D eigenvalue weighted by Crippen LogP contribution is -2.30. The first-order valence-electron chi connectivity index (χ1n) is 10.3. The first kappa shape index (κ1) is 24.1. The maximum absolute atomic E-state index is 13.8. The Labute approximate surface area is 201 Å². The molecule has 0 aliphatic rings. The Morgan fingerprint density at radius 2 is 1.63 bits per heavy atom. The van der Waals surface area contributed by atoms with E-state index in [1.165, 1.54) is 42.8 Å². The van der Waals surface area contributed by atoms with E-state index in [9.17, 15) is 28.0 Å². The van der Waals surface area contributed by atoms with Crippen molar-refractivity contribution >= 4 is 34.4 Å². The highest BCUT2D eigenvalue weighted by atomic mass is 35.5. The van der Waals surface area contributed by atoms with Crippen LogP contribution in [0.15, 0.2) is 58.3 Å².